The maximum Gasteiger partial charge on any atom is 0.251 e. The van der Waals surface area contributed by atoms with E-state index in [0.29, 0.717) is 24.0 Å². The van der Waals surface area contributed by atoms with Gasteiger partial charge in [-0.2, -0.15) is 0 Å². The third-order valence-electron chi connectivity index (χ3n) is 6.61. The molecule has 170 valence electrons. The van der Waals surface area contributed by atoms with Crippen molar-refractivity contribution in [3.63, 3.8) is 0 Å². The summed E-state index contributed by atoms with van der Waals surface area (Å²) < 4.78 is 24.7. The summed E-state index contributed by atoms with van der Waals surface area (Å²) in [6, 6.07) is 11.6. The second-order valence-corrected chi connectivity index (χ2v) is 8.20. The first kappa shape index (κ1) is 22.1. The highest BCUT2D eigenvalue weighted by molar-refractivity contribution is 5.78. The number of aryl methyl sites for hydroxylation is 1. The van der Waals surface area contributed by atoms with Crippen LogP contribution in [0.1, 0.15) is 30.4 Å². The van der Waals surface area contributed by atoms with Gasteiger partial charge in [0, 0.05) is 23.7 Å². The molecule has 0 radical (unpaired) electrons. The zero-order valence-corrected chi connectivity index (χ0v) is 19.3. The highest BCUT2D eigenvalue weighted by Gasteiger charge is 2.29. The molecule has 2 aromatic carbocycles. The van der Waals surface area contributed by atoms with Crippen molar-refractivity contribution in [1.29, 1.82) is 0 Å². The predicted octanol–water partition coefficient (Wildman–Crippen LogP) is 4.62. The van der Waals surface area contributed by atoms with E-state index in [2.05, 4.69) is 0 Å². The molecule has 0 unspecified atom stereocenters. The Morgan fingerprint density at radius 3 is 1.91 bits per heavy atom. The third-order valence-corrected chi connectivity index (χ3v) is 6.61. The summed E-state index contributed by atoms with van der Waals surface area (Å²) in [5, 5.41) is 1.09. The van der Waals surface area contributed by atoms with Crippen LogP contribution in [0.3, 0.4) is 0 Å². The molecule has 3 aromatic rings. The van der Waals surface area contributed by atoms with E-state index in [1.165, 1.54) is 0 Å². The van der Waals surface area contributed by atoms with Crippen LogP contribution in [0.4, 0.5) is 0 Å². The molecule has 0 aliphatic heterocycles. The van der Waals surface area contributed by atoms with Gasteiger partial charge in [0.2, 0.25) is 11.5 Å². The Labute approximate surface area is 188 Å². The summed E-state index contributed by atoms with van der Waals surface area (Å²) >= 11 is 0. The molecule has 1 aliphatic carbocycles. The Balaban J connectivity index is 1.60. The van der Waals surface area contributed by atoms with E-state index < -0.39 is 0 Å². The minimum atomic E-state index is 0.0541. The lowest BCUT2D eigenvalue weighted by molar-refractivity contribution is 0.302. The summed E-state index contributed by atoms with van der Waals surface area (Å²) in [6.07, 6.45) is 4.71. The average Bonchev–Trinajstić information content (AvgIpc) is 3.04. The van der Waals surface area contributed by atoms with Gasteiger partial charge in [-0.25, -0.2) is 0 Å². The molecule has 0 spiro atoms. The molecule has 1 aromatic heterocycles. The van der Waals surface area contributed by atoms with Crippen LogP contribution in [0.15, 0.2) is 41.2 Å². The molecule has 0 amide bonds. The second kappa shape index (κ2) is 9.55. The van der Waals surface area contributed by atoms with Crippen molar-refractivity contribution in [2.24, 2.45) is 5.92 Å². The minimum Gasteiger partial charge on any atom is -0.492 e. The molecular weight excluding hydrogens is 406 g/mol. The van der Waals surface area contributed by atoms with Crippen LogP contribution in [0.2, 0.25) is 0 Å². The van der Waals surface area contributed by atoms with Crippen molar-refractivity contribution in [3.05, 3.63) is 57.9 Å². The highest BCUT2D eigenvalue weighted by atomic mass is 16.5. The zero-order valence-electron chi connectivity index (χ0n) is 19.3. The lowest BCUT2D eigenvalue weighted by atomic mass is 9.96. The van der Waals surface area contributed by atoms with Gasteiger partial charge < -0.3 is 23.5 Å². The standard InChI is InChI=1S/C26H31NO5/c1-29-23-19-12-9-17(10-13-20(19)24(30-2)26(32-4)25(23)31-3)15-16-27-21-8-6-5-7-18(21)11-14-22(27)28/h5-8,11,14,17H,9-10,12-13,15-16H2,1-4H3. The summed E-state index contributed by atoms with van der Waals surface area (Å²) in [5.74, 6) is 3.09. The first-order valence-corrected chi connectivity index (χ1v) is 11.1. The largest absolute Gasteiger partial charge is 0.492 e. The number of hydrogen-bond acceptors (Lipinski definition) is 5. The number of rotatable bonds is 7. The van der Waals surface area contributed by atoms with Gasteiger partial charge in [-0.05, 0) is 55.5 Å². The van der Waals surface area contributed by atoms with E-state index in [1.54, 1.807) is 34.5 Å². The molecule has 0 fully saturated rings. The van der Waals surface area contributed by atoms with Gasteiger partial charge in [-0.1, -0.05) is 18.2 Å². The summed E-state index contributed by atoms with van der Waals surface area (Å²) in [5.41, 5.74) is 3.31. The first-order valence-electron chi connectivity index (χ1n) is 11.1. The molecule has 1 aliphatic rings. The van der Waals surface area contributed by atoms with Crippen molar-refractivity contribution in [2.45, 2.75) is 38.6 Å². The van der Waals surface area contributed by atoms with Gasteiger partial charge in [0.15, 0.2) is 11.5 Å². The molecule has 1 heterocycles. The Hall–Kier alpha value is -3.15. The molecule has 0 atom stereocenters. The van der Waals surface area contributed by atoms with E-state index in [-0.39, 0.29) is 5.56 Å². The second-order valence-electron chi connectivity index (χ2n) is 8.20. The van der Waals surface area contributed by atoms with Crippen molar-refractivity contribution in [1.82, 2.24) is 4.57 Å². The van der Waals surface area contributed by atoms with Crippen LogP contribution >= 0.6 is 0 Å². The number of fused-ring (bicyclic) bond motifs is 2. The molecule has 0 saturated carbocycles. The van der Waals surface area contributed by atoms with Gasteiger partial charge in [0.1, 0.15) is 0 Å². The van der Waals surface area contributed by atoms with Crippen molar-refractivity contribution in [2.75, 3.05) is 28.4 Å². The van der Waals surface area contributed by atoms with E-state index in [9.17, 15) is 4.79 Å². The van der Waals surface area contributed by atoms with Crippen LogP contribution in [-0.4, -0.2) is 33.0 Å². The predicted molar refractivity (Wildman–Crippen MR) is 126 cm³/mol. The van der Waals surface area contributed by atoms with Crippen LogP contribution < -0.4 is 24.5 Å². The van der Waals surface area contributed by atoms with Crippen molar-refractivity contribution >= 4 is 10.9 Å². The van der Waals surface area contributed by atoms with Crippen LogP contribution in [0, 0.1) is 5.92 Å². The number of methoxy groups -OCH3 is 4. The highest BCUT2D eigenvalue weighted by Crippen LogP contribution is 2.51. The smallest absolute Gasteiger partial charge is 0.251 e. The summed E-state index contributed by atoms with van der Waals surface area (Å²) in [6.45, 7) is 0.710. The maximum atomic E-state index is 12.6. The lowest BCUT2D eigenvalue weighted by Gasteiger charge is -2.21. The van der Waals surface area contributed by atoms with E-state index in [0.717, 1.165) is 65.6 Å². The van der Waals surface area contributed by atoms with Crippen LogP contribution in [0.25, 0.3) is 10.9 Å². The number of para-hydroxylation sites is 1. The Bertz CT molecular complexity index is 1120. The molecule has 6 heteroatoms. The van der Waals surface area contributed by atoms with Crippen LogP contribution in [-0.2, 0) is 19.4 Å². The maximum absolute atomic E-state index is 12.6. The molecular formula is C26H31NO5. The lowest BCUT2D eigenvalue weighted by Crippen LogP contribution is -2.21. The monoisotopic (exact) mass is 437 g/mol. The third kappa shape index (κ3) is 3.90. The van der Waals surface area contributed by atoms with Crippen molar-refractivity contribution < 1.29 is 18.9 Å². The Morgan fingerprint density at radius 1 is 0.781 bits per heavy atom. The molecule has 4 rings (SSSR count). The number of ether oxygens (including phenoxy) is 4. The van der Waals surface area contributed by atoms with E-state index in [1.807, 2.05) is 34.9 Å². The topological polar surface area (TPSA) is 58.9 Å². The van der Waals surface area contributed by atoms with Crippen LogP contribution in [0.5, 0.6) is 23.0 Å². The van der Waals surface area contributed by atoms with Gasteiger partial charge in [-0.15, -0.1) is 0 Å². The minimum absolute atomic E-state index is 0.0541. The molecule has 32 heavy (non-hydrogen) atoms. The van der Waals surface area contributed by atoms with E-state index >= 15 is 0 Å². The molecule has 6 nitrogen and oxygen atoms in total. The summed E-state index contributed by atoms with van der Waals surface area (Å²) in [7, 11) is 6.57. The van der Waals surface area contributed by atoms with Gasteiger partial charge in [0.25, 0.3) is 5.56 Å². The fraction of sp³-hybridized carbons (Fsp3) is 0.423. The molecule has 0 N–H and O–H groups in total. The SMILES string of the molecule is COc1c2c(c(OC)c(OC)c1OC)CCC(CCn1c(=O)ccc3ccccc31)CC2. The number of hydrogen-bond donors (Lipinski definition) is 0. The fourth-order valence-corrected chi connectivity index (χ4v) is 5.00. The number of benzene rings is 2. The normalized spacial score (nSPS) is 14.0. The molecule has 0 saturated heterocycles. The number of aromatic nitrogens is 1. The zero-order chi connectivity index (χ0) is 22.7. The Kier molecular flexibility index (Phi) is 6.58. The fourth-order valence-electron chi connectivity index (χ4n) is 5.00. The quantitative estimate of drug-likeness (QED) is 0.505. The average molecular weight is 438 g/mol. The van der Waals surface area contributed by atoms with Gasteiger partial charge >= 0.3 is 0 Å². The number of nitrogens with zero attached hydrogens (tertiary/aromatic N) is 1. The first-order chi connectivity index (χ1) is 15.6. The van der Waals surface area contributed by atoms with Crippen molar-refractivity contribution in [3.8, 4) is 23.0 Å². The van der Waals surface area contributed by atoms with E-state index in [4.69, 9.17) is 18.9 Å². The Morgan fingerprint density at radius 2 is 1.34 bits per heavy atom. The van der Waals surface area contributed by atoms with Gasteiger partial charge in [0.05, 0.1) is 34.0 Å². The summed E-state index contributed by atoms with van der Waals surface area (Å²) in [4.78, 5) is 12.6. The van der Waals surface area contributed by atoms with Gasteiger partial charge in [-0.3, -0.25) is 4.79 Å². The number of pyridine rings is 1. The molecule has 0 bridgehead atoms.